The third kappa shape index (κ3) is 2.15. The Labute approximate surface area is 69.2 Å². The van der Waals surface area contributed by atoms with Crippen LogP contribution in [0.2, 0.25) is 5.02 Å². The molecule has 0 saturated carbocycles. The van der Waals surface area contributed by atoms with Gasteiger partial charge in [-0.3, -0.25) is 0 Å². The largest absolute Gasteiger partial charge is 0.0892 e. The number of hydrogen-bond donors (Lipinski definition) is 0. The zero-order valence-corrected chi connectivity index (χ0v) is 6.49. The standard InChI is InChI=1S/C7H6ClN3/c8-7-4-2-1-3-6(7)5-10-11-9/h1-4H,5H2. The summed E-state index contributed by atoms with van der Waals surface area (Å²) in [6.07, 6.45) is 0. The highest BCUT2D eigenvalue weighted by molar-refractivity contribution is 6.31. The average Bonchev–Trinajstić information content (AvgIpc) is 2.03. The minimum absolute atomic E-state index is 0.316. The fourth-order valence-corrected chi connectivity index (χ4v) is 0.930. The second kappa shape index (κ2) is 3.86. The Bertz CT molecular complexity index is 291. The highest BCUT2D eigenvalue weighted by Crippen LogP contribution is 2.15. The zero-order valence-electron chi connectivity index (χ0n) is 5.74. The van der Waals surface area contributed by atoms with E-state index in [1.54, 1.807) is 6.07 Å². The second-order valence-corrected chi connectivity index (χ2v) is 2.39. The van der Waals surface area contributed by atoms with Crippen LogP contribution in [0.3, 0.4) is 0 Å². The summed E-state index contributed by atoms with van der Waals surface area (Å²) in [5.41, 5.74) is 8.89. The smallest absolute Gasteiger partial charge is 0.0525 e. The van der Waals surface area contributed by atoms with E-state index < -0.39 is 0 Å². The summed E-state index contributed by atoms with van der Waals surface area (Å²) in [6, 6.07) is 7.29. The summed E-state index contributed by atoms with van der Waals surface area (Å²) in [7, 11) is 0. The number of halogens is 1. The molecule has 0 aromatic heterocycles. The highest BCUT2D eigenvalue weighted by Gasteiger charge is 1.94. The normalized spacial score (nSPS) is 8.82. The maximum Gasteiger partial charge on any atom is 0.0525 e. The molecular weight excluding hydrogens is 162 g/mol. The first-order valence-corrected chi connectivity index (χ1v) is 3.46. The lowest BCUT2D eigenvalue weighted by molar-refractivity contribution is 1.05. The number of hydrogen-bond acceptors (Lipinski definition) is 1. The molecule has 0 aliphatic heterocycles. The summed E-state index contributed by atoms with van der Waals surface area (Å²) in [4.78, 5) is 2.64. The summed E-state index contributed by atoms with van der Waals surface area (Å²) in [5.74, 6) is 0. The summed E-state index contributed by atoms with van der Waals surface area (Å²) in [6.45, 7) is 0.316. The molecule has 0 aliphatic carbocycles. The molecule has 56 valence electrons. The molecular formula is C7H6ClN3. The minimum Gasteiger partial charge on any atom is -0.0892 e. The van der Waals surface area contributed by atoms with Crippen LogP contribution in [0.4, 0.5) is 0 Å². The van der Waals surface area contributed by atoms with Gasteiger partial charge in [-0.2, -0.15) is 0 Å². The number of rotatable bonds is 2. The molecule has 0 N–H and O–H groups in total. The van der Waals surface area contributed by atoms with Gasteiger partial charge in [-0.05, 0) is 17.2 Å². The molecule has 0 atom stereocenters. The topological polar surface area (TPSA) is 48.8 Å². The van der Waals surface area contributed by atoms with Crippen LogP contribution in [0, 0.1) is 0 Å². The zero-order chi connectivity index (χ0) is 8.10. The Morgan fingerprint density at radius 3 is 2.82 bits per heavy atom. The Hall–Kier alpha value is -1.18. The van der Waals surface area contributed by atoms with E-state index in [1.807, 2.05) is 18.2 Å². The van der Waals surface area contributed by atoms with E-state index in [-0.39, 0.29) is 0 Å². The van der Waals surface area contributed by atoms with E-state index in [1.165, 1.54) is 0 Å². The van der Waals surface area contributed by atoms with Crippen molar-refractivity contribution in [1.29, 1.82) is 0 Å². The Balaban J connectivity index is 2.85. The van der Waals surface area contributed by atoms with Gasteiger partial charge in [0.05, 0.1) is 6.54 Å². The quantitative estimate of drug-likeness (QED) is 0.369. The van der Waals surface area contributed by atoms with Crippen molar-refractivity contribution >= 4 is 11.6 Å². The van der Waals surface area contributed by atoms with Crippen LogP contribution in [0.1, 0.15) is 5.56 Å². The molecule has 11 heavy (non-hydrogen) atoms. The molecule has 0 aliphatic rings. The van der Waals surface area contributed by atoms with E-state index in [2.05, 4.69) is 10.0 Å². The lowest BCUT2D eigenvalue weighted by Gasteiger charge is -1.96. The molecule has 0 heterocycles. The summed E-state index contributed by atoms with van der Waals surface area (Å²) < 4.78 is 0. The first kappa shape index (κ1) is 7.92. The molecule has 1 aromatic rings. The number of nitrogens with zero attached hydrogens (tertiary/aromatic N) is 3. The fraction of sp³-hybridized carbons (Fsp3) is 0.143. The van der Waals surface area contributed by atoms with Crippen molar-refractivity contribution in [2.75, 3.05) is 0 Å². The predicted molar refractivity (Wildman–Crippen MR) is 44.3 cm³/mol. The van der Waals surface area contributed by atoms with Crippen molar-refractivity contribution in [2.24, 2.45) is 5.11 Å². The second-order valence-electron chi connectivity index (χ2n) is 1.98. The first-order chi connectivity index (χ1) is 5.34. The van der Waals surface area contributed by atoms with E-state index in [0.29, 0.717) is 11.6 Å². The van der Waals surface area contributed by atoms with Crippen molar-refractivity contribution in [3.05, 3.63) is 45.3 Å². The van der Waals surface area contributed by atoms with E-state index >= 15 is 0 Å². The fourth-order valence-electron chi connectivity index (χ4n) is 0.734. The molecule has 0 fully saturated rings. The van der Waals surface area contributed by atoms with Crippen molar-refractivity contribution in [3.8, 4) is 0 Å². The molecule has 4 heteroatoms. The SMILES string of the molecule is [N-]=[N+]=NCc1ccccc1Cl. The summed E-state index contributed by atoms with van der Waals surface area (Å²) >= 11 is 5.78. The van der Waals surface area contributed by atoms with Gasteiger partial charge in [0.15, 0.2) is 0 Å². The van der Waals surface area contributed by atoms with Gasteiger partial charge in [-0.1, -0.05) is 34.9 Å². The van der Waals surface area contributed by atoms with Crippen molar-refractivity contribution < 1.29 is 0 Å². The van der Waals surface area contributed by atoms with Gasteiger partial charge in [-0.15, -0.1) is 0 Å². The van der Waals surface area contributed by atoms with Crippen LogP contribution in [0.5, 0.6) is 0 Å². The van der Waals surface area contributed by atoms with Gasteiger partial charge in [0.2, 0.25) is 0 Å². The van der Waals surface area contributed by atoms with Gasteiger partial charge < -0.3 is 0 Å². The van der Waals surface area contributed by atoms with Crippen LogP contribution in [0.25, 0.3) is 10.4 Å². The molecule has 0 radical (unpaired) electrons. The number of benzene rings is 1. The average molecular weight is 168 g/mol. The Morgan fingerprint density at radius 1 is 1.45 bits per heavy atom. The third-order valence-electron chi connectivity index (χ3n) is 1.26. The molecule has 1 aromatic carbocycles. The van der Waals surface area contributed by atoms with Crippen molar-refractivity contribution in [1.82, 2.24) is 0 Å². The third-order valence-corrected chi connectivity index (χ3v) is 1.63. The van der Waals surface area contributed by atoms with Crippen LogP contribution in [-0.2, 0) is 6.54 Å². The highest BCUT2D eigenvalue weighted by atomic mass is 35.5. The molecule has 0 saturated heterocycles. The molecule has 0 amide bonds. The summed E-state index contributed by atoms with van der Waals surface area (Å²) in [5, 5.41) is 4.04. The van der Waals surface area contributed by atoms with Gasteiger partial charge in [0.1, 0.15) is 0 Å². The van der Waals surface area contributed by atoms with Crippen LogP contribution in [0.15, 0.2) is 29.4 Å². The Morgan fingerprint density at radius 2 is 2.18 bits per heavy atom. The lowest BCUT2D eigenvalue weighted by atomic mass is 10.2. The van der Waals surface area contributed by atoms with Crippen molar-refractivity contribution in [2.45, 2.75) is 6.54 Å². The molecule has 3 nitrogen and oxygen atoms in total. The number of azide groups is 1. The van der Waals surface area contributed by atoms with Gasteiger partial charge in [0.25, 0.3) is 0 Å². The van der Waals surface area contributed by atoms with Crippen LogP contribution >= 0.6 is 11.6 Å². The molecule has 1 rings (SSSR count). The monoisotopic (exact) mass is 167 g/mol. The van der Waals surface area contributed by atoms with Gasteiger partial charge in [-0.25, -0.2) is 0 Å². The van der Waals surface area contributed by atoms with E-state index in [9.17, 15) is 0 Å². The minimum atomic E-state index is 0.316. The van der Waals surface area contributed by atoms with Gasteiger partial charge >= 0.3 is 0 Å². The lowest BCUT2D eigenvalue weighted by Crippen LogP contribution is -1.79. The molecule has 0 unspecified atom stereocenters. The van der Waals surface area contributed by atoms with Crippen LogP contribution in [-0.4, -0.2) is 0 Å². The predicted octanol–water partition coefficient (Wildman–Crippen LogP) is 3.15. The molecule has 0 bridgehead atoms. The van der Waals surface area contributed by atoms with Crippen LogP contribution < -0.4 is 0 Å². The van der Waals surface area contributed by atoms with E-state index in [0.717, 1.165) is 5.56 Å². The first-order valence-electron chi connectivity index (χ1n) is 3.09. The van der Waals surface area contributed by atoms with Crippen molar-refractivity contribution in [3.63, 3.8) is 0 Å². The Kier molecular flexibility index (Phi) is 2.78. The maximum atomic E-state index is 8.03. The molecule has 0 spiro atoms. The van der Waals surface area contributed by atoms with Gasteiger partial charge in [0, 0.05) is 9.93 Å². The van der Waals surface area contributed by atoms with E-state index in [4.69, 9.17) is 17.1 Å². The maximum absolute atomic E-state index is 8.03.